The molecule has 0 aliphatic carbocycles. The molecule has 1 aromatic carbocycles. The van der Waals surface area contributed by atoms with E-state index in [-0.39, 0.29) is 16.5 Å². The average Bonchev–Trinajstić information content (AvgIpc) is 2.28. The highest BCUT2D eigenvalue weighted by Gasteiger charge is 2.10. The molecular formula is C11H8ClNO4S. The van der Waals surface area contributed by atoms with E-state index in [4.69, 9.17) is 15.4 Å². The number of ether oxygens (including phenoxy) is 1. The molecule has 0 atom stereocenters. The van der Waals surface area contributed by atoms with Crippen LogP contribution in [-0.4, -0.2) is 18.5 Å². The first-order chi connectivity index (χ1) is 8.45. The summed E-state index contributed by atoms with van der Waals surface area (Å²) < 4.78 is 27.3. The molecule has 5 nitrogen and oxygen atoms in total. The summed E-state index contributed by atoms with van der Waals surface area (Å²) in [4.78, 5) is 3.70. The topological polar surface area (TPSA) is 76.5 Å². The van der Waals surface area contributed by atoms with Crippen LogP contribution < -0.4 is 4.74 Å². The maximum absolute atomic E-state index is 11.0. The minimum absolute atomic E-state index is 0.0625. The van der Waals surface area contributed by atoms with Crippen LogP contribution in [0.2, 0.25) is 0 Å². The Morgan fingerprint density at radius 3 is 2.56 bits per heavy atom. The van der Waals surface area contributed by atoms with Gasteiger partial charge in [-0.25, -0.2) is 13.4 Å². The van der Waals surface area contributed by atoms with E-state index in [2.05, 4.69) is 4.98 Å². The van der Waals surface area contributed by atoms with Crippen LogP contribution in [0.1, 0.15) is 0 Å². The number of phenols is 1. The Morgan fingerprint density at radius 2 is 2.00 bits per heavy atom. The molecular weight excluding hydrogens is 278 g/mol. The van der Waals surface area contributed by atoms with Gasteiger partial charge in [0, 0.05) is 22.8 Å². The molecule has 0 amide bonds. The van der Waals surface area contributed by atoms with Crippen LogP contribution in [0.5, 0.6) is 17.4 Å². The van der Waals surface area contributed by atoms with Crippen LogP contribution in [0.3, 0.4) is 0 Å². The van der Waals surface area contributed by atoms with Crippen LogP contribution in [0.15, 0.2) is 47.5 Å². The summed E-state index contributed by atoms with van der Waals surface area (Å²) in [5.74, 6) is 0.654. The fourth-order valence-corrected chi connectivity index (χ4v) is 1.92. The Balaban J connectivity index is 2.21. The Hall–Kier alpha value is -1.79. The highest BCUT2D eigenvalue weighted by molar-refractivity contribution is 8.13. The van der Waals surface area contributed by atoms with E-state index >= 15 is 0 Å². The third-order valence-corrected chi connectivity index (χ3v) is 3.37. The summed E-state index contributed by atoms with van der Waals surface area (Å²) in [7, 11) is 1.37. The number of hydrogen-bond donors (Lipinski definition) is 1. The molecule has 1 aromatic heterocycles. The Labute approximate surface area is 108 Å². The van der Waals surface area contributed by atoms with Gasteiger partial charge in [-0.1, -0.05) is 6.07 Å². The Bertz CT molecular complexity index is 655. The lowest BCUT2D eigenvalue weighted by Crippen LogP contribution is -1.93. The van der Waals surface area contributed by atoms with Crippen molar-refractivity contribution in [2.45, 2.75) is 4.90 Å². The number of nitrogens with zero attached hydrogens (tertiary/aromatic N) is 1. The Kier molecular flexibility index (Phi) is 3.40. The van der Waals surface area contributed by atoms with Crippen molar-refractivity contribution in [3.05, 3.63) is 42.6 Å². The van der Waals surface area contributed by atoms with Gasteiger partial charge in [-0.2, -0.15) is 0 Å². The minimum atomic E-state index is -3.78. The zero-order valence-electron chi connectivity index (χ0n) is 8.95. The van der Waals surface area contributed by atoms with Gasteiger partial charge in [0.2, 0.25) is 5.88 Å². The van der Waals surface area contributed by atoms with Crippen LogP contribution in [0, 0.1) is 0 Å². The van der Waals surface area contributed by atoms with E-state index in [1.54, 1.807) is 12.1 Å². The first-order valence-corrected chi connectivity index (χ1v) is 7.14. The second kappa shape index (κ2) is 4.83. The van der Waals surface area contributed by atoms with E-state index in [1.807, 2.05) is 0 Å². The highest BCUT2D eigenvalue weighted by atomic mass is 35.7. The number of phenolic OH excluding ortho intramolecular Hbond substituents is 1. The van der Waals surface area contributed by atoms with Crippen molar-refractivity contribution in [2.75, 3.05) is 0 Å². The van der Waals surface area contributed by atoms with E-state index in [1.165, 1.54) is 24.3 Å². The standard InChI is InChI=1S/C11H8ClNO4S/c12-18(15,16)10-4-5-11(13-7-10)17-9-3-1-2-8(14)6-9/h1-7,14H. The molecule has 0 aliphatic heterocycles. The summed E-state index contributed by atoms with van der Waals surface area (Å²) in [6.07, 6.45) is 1.10. The van der Waals surface area contributed by atoms with Gasteiger partial charge in [-0.15, -0.1) is 0 Å². The summed E-state index contributed by atoms with van der Waals surface area (Å²) in [6.45, 7) is 0. The molecule has 0 saturated heterocycles. The molecule has 1 heterocycles. The maximum Gasteiger partial charge on any atom is 0.262 e. The molecule has 0 radical (unpaired) electrons. The van der Waals surface area contributed by atoms with Crippen LogP contribution in [0.4, 0.5) is 0 Å². The molecule has 0 saturated carbocycles. The van der Waals surface area contributed by atoms with Crippen molar-refractivity contribution in [1.29, 1.82) is 0 Å². The largest absolute Gasteiger partial charge is 0.508 e. The zero-order valence-corrected chi connectivity index (χ0v) is 10.5. The molecule has 1 N–H and O–H groups in total. The Morgan fingerprint density at radius 1 is 1.22 bits per heavy atom. The van der Waals surface area contributed by atoms with Gasteiger partial charge >= 0.3 is 0 Å². The number of pyridine rings is 1. The summed E-state index contributed by atoms with van der Waals surface area (Å²) in [6, 6.07) is 8.82. The van der Waals surface area contributed by atoms with Crippen molar-refractivity contribution in [2.24, 2.45) is 0 Å². The molecule has 0 aliphatic rings. The monoisotopic (exact) mass is 285 g/mol. The number of hydrogen-bond acceptors (Lipinski definition) is 5. The molecule has 94 valence electrons. The molecule has 2 rings (SSSR count). The zero-order chi connectivity index (χ0) is 13.2. The predicted octanol–water partition coefficient (Wildman–Crippen LogP) is 2.51. The molecule has 2 aromatic rings. The molecule has 0 fully saturated rings. The van der Waals surface area contributed by atoms with Crippen LogP contribution >= 0.6 is 10.7 Å². The van der Waals surface area contributed by atoms with E-state index in [0.717, 1.165) is 6.20 Å². The summed E-state index contributed by atoms with van der Waals surface area (Å²) in [5.41, 5.74) is 0. The van der Waals surface area contributed by atoms with Crippen molar-refractivity contribution in [3.63, 3.8) is 0 Å². The average molecular weight is 286 g/mol. The lowest BCUT2D eigenvalue weighted by Gasteiger charge is -2.04. The van der Waals surface area contributed by atoms with Crippen molar-refractivity contribution in [3.8, 4) is 17.4 Å². The SMILES string of the molecule is O=S(=O)(Cl)c1ccc(Oc2cccc(O)c2)nc1. The third kappa shape index (κ3) is 3.12. The van der Waals surface area contributed by atoms with Gasteiger partial charge in [0.05, 0.1) is 6.20 Å². The van der Waals surface area contributed by atoms with E-state index < -0.39 is 9.05 Å². The summed E-state index contributed by atoms with van der Waals surface area (Å²) >= 11 is 0. The van der Waals surface area contributed by atoms with Crippen molar-refractivity contribution in [1.82, 2.24) is 4.98 Å². The fraction of sp³-hybridized carbons (Fsp3) is 0. The number of benzene rings is 1. The first kappa shape index (κ1) is 12.7. The van der Waals surface area contributed by atoms with Gasteiger partial charge in [0.15, 0.2) is 0 Å². The first-order valence-electron chi connectivity index (χ1n) is 4.83. The number of halogens is 1. The number of rotatable bonds is 3. The lowest BCUT2D eigenvalue weighted by atomic mass is 10.3. The molecule has 0 unspecified atom stereocenters. The minimum Gasteiger partial charge on any atom is -0.508 e. The van der Waals surface area contributed by atoms with Gasteiger partial charge in [-0.3, -0.25) is 0 Å². The normalized spacial score (nSPS) is 11.2. The van der Waals surface area contributed by atoms with Crippen molar-refractivity contribution >= 4 is 19.7 Å². The van der Waals surface area contributed by atoms with E-state index in [0.29, 0.717) is 5.75 Å². The number of aromatic nitrogens is 1. The molecule has 7 heteroatoms. The maximum atomic E-state index is 11.0. The molecule has 0 bridgehead atoms. The highest BCUT2D eigenvalue weighted by Crippen LogP contribution is 2.24. The second-order valence-electron chi connectivity index (χ2n) is 3.37. The van der Waals surface area contributed by atoms with Gasteiger partial charge in [0.25, 0.3) is 9.05 Å². The quantitative estimate of drug-likeness (QED) is 0.877. The number of aromatic hydroxyl groups is 1. The van der Waals surface area contributed by atoms with Gasteiger partial charge in [0.1, 0.15) is 16.4 Å². The van der Waals surface area contributed by atoms with Gasteiger partial charge in [-0.05, 0) is 18.2 Å². The molecule has 18 heavy (non-hydrogen) atoms. The van der Waals surface area contributed by atoms with Crippen molar-refractivity contribution < 1.29 is 18.3 Å². The summed E-state index contributed by atoms with van der Waals surface area (Å²) in [5, 5.41) is 9.24. The molecule has 0 spiro atoms. The second-order valence-corrected chi connectivity index (χ2v) is 5.94. The smallest absolute Gasteiger partial charge is 0.262 e. The predicted molar refractivity (Wildman–Crippen MR) is 65.5 cm³/mol. The van der Waals surface area contributed by atoms with Gasteiger partial charge < -0.3 is 9.84 Å². The lowest BCUT2D eigenvalue weighted by molar-refractivity contribution is 0.445. The van der Waals surface area contributed by atoms with Crippen LogP contribution in [-0.2, 0) is 9.05 Å². The van der Waals surface area contributed by atoms with Crippen LogP contribution in [0.25, 0.3) is 0 Å². The fourth-order valence-electron chi connectivity index (χ4n) is 1.24. The third-order valence-electron chi connectivity index (χ3n) is 2.03. The van der Waals surface area contributed by atoms with E-state index in [9.17, 15) is 13.5 Å².